The van der Waals surface area contributed by atoms with Gasteiger partial charge in [0.2, 0.25) is 0 Å². The number of carbonyl (C=O) groups is 1. The largest absolute Gasteiger partial charge is 0.444 e. The van der Waals surface area contributed by atoms with E-state index in [0.29, 0.717) is 12.6 Å². The van der Waals surface area contributed by atoms with Crippen LogP contribution in [0.25, 0.3) is 21.1 Å². The Morgan fingerprint density at radius 1 is 0.927 bits per heavy atom. The SMILES string of the molecule is C[C@H]1Cc2nn(C)c(-c3cccs3)c2CN1.C[C@H]1Cc2nn(C)c(-c3cccs3)c2CN1C(=O)OC(C)(C)C.S.S. The van der Waals surface area contributed by atoms with Crippen molar-refractivity contribution in [1.29, 1.82) is 0 Å². The maximum absolute atomic E-state index is 12.5. The van der Waals surface area contributed by atoms with Crippen molar-refractivity contribution in [3.63, 3.8) is 0 Å². The number of nitrogens with zero attached hydrogens (tertiary/aromatic N) is 5. The zero-order chi connectivity index (χ0) is 27.9. The summed E-state index contributed by atoms with van der Waals surface area (Å²) in [4.78, 5) is 16.8. The maximum atomic E-state index is 12.5. The Morgan fingerprint density at radius 3 is 1.98 bits per heavy atom. The third-order valence-corrected chi connectivity index (χ3v) is 8.82. The van der Waals surface area contributed by atoms with E-state index in [-0.39, 0.29) is 39.1 Å². The van der Waals surface area contributed by atoms with Crippen LogP contribution in [-0.2, 0) is 44.8 Å². The van der Waals surface area contributed by atoms with Gasteiger partial charge in [-0.1, -0.05) is 12.1 Å². The highest BCUT2D eigenvalue weighted by molar-refractivity contribution is 7.59. The molecule has 12 heteroatoms. The maximum Gasteiger partial charge on any atom is 0.410 e. The van der Waals surface area contributed by atoms with Crippen molar-refractivity contribution in [2.24, 2.45) is 14.1 Å². The number of fused-ring (bicyclic) bond motifs is 2. The highest BCUT2D eigenvalue weighted by Gasteiger charge is 2.34. The lowest BCUT2D eigenvalue weighted by Crippen LogP contribution is -2.45. The van der Waals surface area contributed by atoms with Crippen LogP contribution in [0.15, 0.2) is 35.0 Å². The molecule has 6 heterocycles. The lowest BCUT2D eigenvalue weighted by Gasteiger charge is -2.34. The second kappa shape index (κ2) is 13.4. The summed E-state index contributed by atoms with van der Waals surface area (Å²) >= 11 is 3.47. The predicted octanol–water partition coefficient (Wildman–Crippen LogP) is 6.24. The van der Waals surface area contributed by atoms with Crippen LogP contribution < -0.4 is 5.32 Å². The number of hydrogen-bond donors (Lipinski definition) is 1. The zero-order valence-electron chi connectivity index (χ0n) is 24.8. The Labute approximate surface area is 265 Å². The van der Waals surface area contributed by atoms with Gasteiger partial charge in [0.1, 0.15) is 5.60 Å². The number of thiophene rings is 2. The molecule has 0 radical (unpaired) electrons. The number of ether oxygens (including phenoxy) is 1. The van der Waals surface area contributed by atoms with Crippen LogP contribution in [0.4, 0.5) is 4.79 Å². The second-order valence-electron chi connectivity index (χ2n) is 11.4. The van der Waals surface area contributed by atoms with Gasteiger partial charge in [0, 0.05) is 56.7 Å². The minimum Gasteiger partial charge on any atom is -0.444 e. The number of rotatable bonds is 2. The molecule has 224 valence electrons. The Morgan fingerprint density at radius 2 is 1.46 bits per heavy atom. The molecule has 4 aromatic heterocycles. The van der Waals surface area contributed by atoms with Gasteiger partial charge in [-0.15, -0.1) is 22.7 Å². The summed E-state index contributed by atoms with van der Waals surface area (Å²) < 4.78 is 9.52. The topological polar surface area (TPSA) is 77.2 Å². The third-order valence-electron chi connectivity index (χ3n) is 7.07. The summed E-state index contributed by atoms with van der Waals surface area (Å²) in [5.74, 6) is 0. The fourth-order valence-electron chi connectivity index (χ4n) is 5.29. The molecule has 1 N–H and O–H groups in total. The molecule has 1 amide bonds. The number of hydrogen-bond acceptors (Lipinski definition) is 7. The normalized spacial score (nSPS) is 17.8. The summed E-state index contributed by atoms with van der Waals surface area (Å²) in [6.45, 7) is 11.4. The molecular formula is C29H42N6O2S4. The van der Waals surface area contributed by atoms with Crippen LogP contribution in [0.3, 0.4) is 0 Å². The van der Waals surface area contributed by atoms with Gasteiger partial charge >= 0.3 is 6.09 Å². The standard InChI is InChI=1S/C17H23N3O2S.C12H15N3S.2H2S/c1-11-9-13-12(10-20(11)16(21)22-17(2,3)4)15(19(5)18-13)14-7-6-8-23-14;1-8-6-10-9(7-13-8)12(15(2)14-10)11-4-3-5-16-11;;/h6-8,11H,9-10H2,1-5H3;3-5,8,13H,6-7H2,1-2H3;2*1H2/t11-;8-;;/m00../s1. The summed E-state index contributed by atoms with van der Waals surface area (Å²) in [5.41, 5.74) is 6.77. The van der Waals surface area contributed by atoms with Gasteiger partial charge in [-0.25, -0.2) is 4.79 Å². The van der Waals surface area contributed by atoms with Crippen molar-refractivity contribution in [3.8, 4) is 21.1 Å². The molecule has 8 nitrogen and oxygen atoms in total. The van der Waals surface area contributed by atoms with Crippen LogP contribution in [-0.4, -0.2) is 48.2 Å². The van der Waals surface area contributed by atoms with Gasteiger partial charge in [-0.05, 0) is 57.5 Å². The van der Waals surface area contributed by atoms with E-state index in [1.54, 1.807) is 22.7 Å². The Kier molecular flexibility index (Phi) is 10.8. The average Bonchev–Trinajstić information content (AvgIpc) is 3.63. The molecule has 0 saturated heterocycles. The van der Waals surface area contributed by atoms with Gasteiger partial charge in [0.25, 0.3) is 0 Å². The Bertz CT molecular complexity index is 1440. The zero-order valence-corrected chi connectivity index (χ0v) is 28.4. The van der Waals surface area contributed by atoms with E-state index >= 15 is 0 Å². The monoisotopic (exact) mass is 634 g/mol. The number of carbonyl (C=O) groups excluding carboxylic acids is 1. The number of aromatic nitrogens is 4. The van der Waals surface area contributed by atoms with Crippen LogP contribution in [0.5, 0.6) is 0 Å². The molecule has 2 atom stereocenters. The minimum atomic E-state index is -0.484. The van der Waals surface area contributed by atoms with E-state index in [9.17, 15) is 4.79 Å². The summed E-state index contributed by atoms with van der Waals surface area (Å²) in [6.07, 6.45) is 1.54. The molecule has 0 bridgehead atoms. The molecule has 4 aromatic rings. The smallest absolute Gasteiger partial charge is 0.410 e. The van der Waals surface area contributed by atoms with E-state index in [0.717, 1.165) is 36.3 Å². The first-order chi connectivity index (χ1) is 18.5. The lowest BCUT2D eigenvalue weighted by molar-refractivity contribution is 0.0138. The lowest BCUT2D eigenvalue weighted by atomic mass is 9.99. The highest BCUT2D eigenvalue weighted by atomic mass is 32.1. The number of nitrogens with one attached hydrogen (secondary N) is 1. The average molecular weight is 635 g/mol. The van der Waals surface area contributed by atoms with E-state index < -0.39 is 5.60 Å². The fraction of sp³-hybridized carbons (Fsp3) is 0.483. The molecule has 0 saturated carbocycles. The van der Waals surface area contributed by atoms with Gasteiger partial charge in [0.05, 0.1) is 39.1 Å². The quantitative estimate of drug-likeness (QED) is 0.283. The fourth-order valence-corrected chi connectivity index (χ4v) is 6.95. The molecule has 0 aromatic carbocycles. The van der Waals surface area contributed by atoms with Gasteiger partial charge in [0.15, 0.2) is 0 Å². The van der Waals surface area contributed by atoms with E-state index in [1.165, 1.54) is 26.7 Å². The van der Waals surface area contributed by atoms with Crippen molar-refractivity contribution < 1.29 is 9.53 Å². The van der Waals surface area contributed by atoms with Crippen molar-refractivity contribution in [2.75, 3.05) is 0 Å². The van der Waals surface area contributed by atoms with Gasteiger partial charge in [-0.2, -0.15) is 37.2 Å². The van der Waals surface area contributed by atoms with Crippen molar-refractivity contribution >= 4 is 55.8 Å². The van der Waals surface area contributed by atoms with Crippen LogP contribution in [0.2, 0.25) is 0 Å². The third kappa shape index (κ3) is 7.22. The van der Waals surface area contributed by atoms with Crippen LogP contribution >= 0.6 is 49.7 Å². The van der Waals surface area contributed by atoms with E-state index in [4.69, 9.17) is 4.74 Å². The minimum absolute atomic E-state index is 0. The molecule has 0 unspecified atom stereocenters. The van der Waals surface area contributed by atoms with Crippen LogP contribution in [0, 0.1) is 0 Å². The molecule has 41 heavy (non-hydrogen) atoms. The summed E-state index contributed by atoms with van der Waals surface area (Å²) in [5, 5.41) is 17.0. The van der Waals surface area contributed by atoms with E-state index in [1.807, 2.05) is 62.1 Å². The summed E-state index contributed by atoms with van der Waals surface area (Å²) in [7, 11) is 4.01. The highest BCUT2D eigenvalue weighted by Crippen LogP contribution is 2.35. The van der Waals surface area contributed by atoms with Gasteiger partial charge in [-0.3, -0.25) is 9.36 Å². The molecule has 0 spiro atoms. The Hall–Kier alpha value is -2.25. The molecule has 0 fully saturated rings. The van der Waals surface area contributed by atoms with Gasteiger partial charge < -0.3 is 15.0 Å². The molecule has 0 aliphatic carbocycles. The van der Waals surface area contributed by atoms with Crippen molar-refractivity contribution in [3.05, 3.63) is 57.5 Å². The number of amides is 1. The first kappa shape index (κ1) is 33.3. The first-order valence-corrected chi connectivity index (χ1v) is 15.2. The Balaban J connectivity index is 0.000000227. The molecular weight excluding hydrogens is 593 g/mol. The number of aryl methyl sites for hydroxylation is 2. The first-order valence-electron chi connectivity index (χ1n) is 13.4. The van der Waals surface area contributed by atoms with E-state index in [2.05, 4.69) is 51.4 Å². The van der Waals surface area contributed by atoms with Crippen molar-refractivity contribution in [2.45, 2.75) is 78.2 Å². The molecule has 2 aliphatic heterocycles. The van der Waals surface area contributed by atoms with Crippen molar-refractivity contribution in [1.82, 2.24) is 29.8 Å². The molecule has 2 aliphatic rings. The second-order valence-corrected chi connectivity index (χ2v) is 13.3. The summed E-state index contributed by atoms with van der Waals surface area (Å²) in [6, 6.07) is 9.02. The van der Waals surface area contributed by atoms with Crippen LogP contribution in [0.1, 0.15) is 57.1 Å². The predicted molar refractivity (Wildman–Crippen MR) is 179 cm³/mol. The molecule has 6 rings (SSSR count).